The largest absolute Gasteiger partial charge is 0.496 e. The first-order valence-corrected chi connectivity index (χ1v) is 14.0. The van der Waals surface area contributed by atoms with E-state index in [-0.39, 0.29) is 17.6 Å². The fourth-order valence-corrected chi connectivity index (χ4v) is 5.77. The number of aromatic nitrogens is 1. The number of ether oxygens (including phenoxy) is 3. The highest BCUT2D eigenvalue weighted by Gasteiger charge is 2.33. The lowest BCUT2D eigenvalue weighted by Gasteiger charge is -2.25. The standard InChI is InChI=1S/C31H36N2O5S/c1-9-37-23-12-10-21(11-13-23)28-27(30(35)38-18(4)5)20(7)32-31-33(28)29(34)26(39-31)16-22-15-24(17(2)3)25(36-8)14-19(22)6/h10-18,28H,9H2,1-8H3/b26-16-/t28-/m1/s1. The normalized spacial score (nSPS) is 15.4. The molecular weight excluding hydrogens is 512 g/mol. The van der Waals surface area contributed by atoms with Crippen molar-refractivity contribution in [2.75, 3.05) is 13.7 Å². The van der Waals surface area contributed by atoms with Crippen LogP contribution in [0, 0.1) is 6.92 Å². The summed E-state index contributed by atoms with van der Waals surface area (Å²) in [5.41, 5.74) is 4.48. The van der Waals surface area contributed by atoms with Gasteiger partial charge in [-0.2, -0.15) is 0 Å². The van der Waals surface area contributed by atoms with Crippen LogP contribution >= 0.6 is 11.3 Å². The molecule has 0 saturated heterocycles. The Morgan fingerprint density at radius 3 is 2.41 bits per heavy atom. The number of carbonyl (C=O) groups excluding carboxylic acids is 1. The van der Waals surface area contributed by atoms with E-state index in [0.29, 0.717) is 27.2 Å². The third-order valence-electron chi connectivity index (χ3n) is 6.62. The van der Waals surface area contributed by atoms with Crippen LogP contribution in [0.3, 0.4) is 0 Å². The predicted molar refractivity (Wildman–Crippen MR) is 154 cm³/mol. The second-order valence-corrected chi connectivity index (χ2v) is 11.2. The van der Waals surface area contributed by atoms with Crippen LogP contribution in [0.2, 0.25) is 0 Å². The Bertz CT molecular complexity index is 1590. The highest BCUT2D eigenvalue weighted by molar-refractivity contribution is 7.07. The van der Waals surface area contributed by atoms with Gasteiger partial charge in [0.2, 0.25) is 0 Å². The molecule has 2 aromatic carbocycles. The summed E-state index contributed by atoms with van der Waals surface area (Å²) in [6.45, 7) is 14.1. The zero-order valence-electron chi connectivity index (χ0n) is 23.8. The minimum absolute atomic E-state index is 0.207. The van der Waals surface area contributed by atoms with Crippen LogP contribution in [0.25, 0.3) is 6.08 Å². The molecule has 0 bridgehead atoms. The topological polar surface area (TPSA) is 79.1 Å². The first-order chi connectivity index (χ1) is 18.5. The van der Waals surface area contributed by atoms with Crippen LogP contribution < -0.4 is 24.4 Å². The predicted octanol–water partition coefficient (Wildman–Crippen LogP) is 5.03. The molecule has 4 rings (SSSR count). The van der Waals surface area contributed by atoms with Gasteiger partial charge in [0.25, 0.3) is 5.56 Å². The Hall–Kier alpha value is -3.65. The van der Waals surface area contributed by atoms with E-state index in [1.165, 1.54) is 11.3 Å². The molecular formula is C31H36N2O5S. The Balaban J connectivity index is 1.93. The number of rotatable bonds is 8. The van der Waals surface area contributed by atoms with Crippen LogP contribution in [-0.4, -0.2) is 30.4 Å². The number of fused-ring (bicyclic) bond motifs is 1. The molecule has 0 amide bonds. The zero-order valence-corrected chi connectivity index (χ0v) is 24.6. The summed E-state index contributed by atoms with van der Waals surface area (Å²) in [5.74, 6) is 1.33. The highest BCUT2D eigenvalue weighted by atomic mass is 32.1. The van der Waals surface area contributed by atoms with Gasteiger partial charge in [-0.1, -0.05) is 37.3 Å². The first kappa shape index (κ1) is 28.4. The van der Waals surface area contributed by atoms with Crippen molar-refractivity contribution in [3.63, 3.8) is 0 Å². The summed E-state index contributed by atoms with van der Waals surface area (Å²) in [6.07, 6.45) is 1.60. The number of nitrogens with zero attached hydrogens (tertiary/aromatic N) is 2. The molecule has 0 fully saturated rings. The van der Waals surface area contributed by atoms with Crippen molar-refractivity contribution in [2.24, 2.45) is 4.99 Å². The van der Waals surface area contributed by atoms with Gasteiger partial charge in [0.05, 0.1) is 41.7 Å². The molecule has 0 unspecified atom stereocenters. The minimum atomic E-state index is -0.673. The summed E-state index contributed by atoms with van der Waals surface area (Å²) in [5, 5.41) is 0. The van der Waals surface area contributed by atoms with E-state index in [2.05, 4.69) is 19.9 Å². The molecule has 8 heteroatoms. The third kappa shape index (κ3) is 5.71. The second kappa shape index (κ2) is 11.6. The maximum absolute atomic E-state index is 14.0. The summed E-state index contributed by atoms with van der Waals surface area (Å²) in [6, 6.07) is 10.9. The van der Waals surface area contributed by atoms with E-state index in [0.717, 1.165) is 33.8 Å². The molecule has 1 aliphatic heterocycles. The second-order valence-electron chi connectivity index (χ2n) is 10.1. The third-order valence-corrected chi connectivity index (χ3v) is 7.60. The zero-order chi connectivity index (χ0) is 28.4. The van der Waals surface area contributed by atoms with Gasteiger partial charge < -0.3 is 14.2 Å². The lowest BCUT2D eigenvalue weighted by Crippen LogP contribution is -2.40. The molecule has 39 heavy (non-hydrogen) atoms. The van der Waals surface area contributed by atoms with Crippen LogP contribution in [0.15, 0.2) is 57.5 Å². The van der Waals surface area contributed by atoms with Crippen molar-refractivity contribution in [1.82, 2.24) is 4.57 Å². The van der Waals surface area contributed by atoms with Gasteiger partial charge in [-0.15, -0.1) is 0 Å². The molecule has 0 radical (unpaired) electrons. The van der Waals surface area contributed by atoms with Crippen molar-refractivity contribution >= 4 is 23.4 Å². The number of methoxy groups -OCH3 is 1. The van der Waals surface area contributed by atoms with Crippen LogP contribution in [0.1, 0.15) is 75.8 Å². The fraction of sp³-hybridized carbons (Fsp3) is 0.387. The molecule has 206 valence electrons. The average molecular weight is 549 g/mol. The lowest BCUT2D eigenvalue weighted by atomic mass is 9.95. The molecule has 1 atom stereocenters. The van der Waals surface area contributed by atoms with Gasteiger partial charge in [-0.3, -0.25) is 9.36 Å². The Morgan fingerprint density at radius 1 is 1.13 bits per heavy atom. The van der Waals surface area contributed by atoms with Crippen molar-refractivity contribution < 1.29 is 19.0 Å². The number of hydrogen-bond donors (Lipinski definition) is 0. The number of hydrogen-bond acceptors (Lipinski definition) is 7. The molecule has 3 aromatic rings. The molecule has 0 saturated carbocycles. The Kier molecular flexibility index (Phi) is 8.45. The van der Waals surface area contributed by atoms with E-state index in [4.69, 9.17) is 19.2 Å². The smallest absolute Gasteiger partial charge is 0.338 e. The summed E-state index contributed by atoms with van der Waals surface area (Å²) in [4.78, 5) is 32.5. The van der Waals surface area contributed by atoms with Crippen molar-refractivity contribution in [3.05, 3.63) is 89.6 Å². The number of benzene rings is 2. The quantitative estimate of drug-likeness (QED) is 0.369. The number of aryl methyl sites for hydroxylation is 1. The van der Waals surface area contributed by atoms with Crippen LogP contribution in [0.5, 0.6) is 11.5 Å². The van der Waals surface area contributed by atoms with E-state index in [9.17, 15) is 9.59 Å². The average Bonchev–Trinajstić information content (AvgIpc) is 3.18. The number of thiazole rings is 1. The summed E-state index contributed by atoms with van der Waals surface area (Å²) < 4.78 is 18.9. The Morgan fingerprint density at radius 2 is 1.82 bits per heavy atom. The van der Waals surface area contributed by atoms with Gasteiger partial charge in [-0.05, 0) is 93.1 Å². The van der Waals surface area contributed by atoms with Crippen LogP contribution in [-0.2, 0) is 9.53 Å². The molecule has 1 aliphatic rings. The molecule has 1 aromatic heterocycles. The highest BCUT2D eigenvalue weighted by Crippen LogP contribution is 2.32. The van der Waals surface area contributed by atoms with E-state index in [1.807, 2.05) is 50.3 Å². The first-order valence-electron chi connectivity index (χ1n) is 13.2. The van der Waals surface area contributed by atoms with Crippen molar-refractivity contribution in [2.45, 2.75) is 66.5 Å². The Labute approximate surface area is 233 Å². The summed E-state index contributed by atoms with van der Waals surface area (Å²) in [7, 11) is 1.67. The monoisotopic (exact) mass is 548 g/mol. The molecule has 7 nitrogen and oxygen atoms in total. The molecule has 0 N–H and O–H groups in total. The number of esters is 1. The van der Waals surface area contributed by atoms with Crippen molar-refractivity contribution in [3.8, 4) is 11.5 Å². The maximum atomic E-state index is 14.0. The van der Waals surface area contributed by atoms with E-state index < -0.39 is 12.0 Å². The van der Waals surface area contributed by atoms with Gasteiger partial charge in [0.1, 0.15) is 11.5 Å². The van der Waals surface area contributed by atoms with Gasteiger partial charge >= 0.3 is 5.97 Å². The minimum Gasteiger partial charge on any atom is -0.496 e. The van der Waals surface area contributed by atoms with Gasteiger partial charge in [0, 0.05) is 0 Å². The maximum Gasteiger partial charge on any atom is 0.338 e. The molecule has 2 heterocycles. The molecule has 0 aliphatic carbocycles. The van der Waals surface area contributed by atoms with Gasteiger partial charge in [-0.25, -0.2) is 9.79 Å². The fourth-order valence-electron chi connectivity index (χ4n) is 4.73. The number of allylic oxidation sites excluding steroid dienone is 1. The lowest BCUT2D eigenvalue weighted by molar-refractivity contribution is -0.143. The number of carbonyl (C=O) groups is 1. The summed E-state index contributed by atoms with van der Waals surface area (Å²) >= 11 is 1.32. The van der Waals surface area contributed by atoms with Gasteiger partial charge in [0.15, 0.2) is 4.80 Å². The van der Waals surface area contributed by atoms with Crippen molar-refractivity contribution in [1.29, 1.82) is 0 Å². The SMILES string of the molecule is CCOc1ccc([C@@H]2C(C(=O)OC(C)C)=C(C)N=c3s/c(=C\c4cc(C(C)C)c(OC)cc4C)c(=O)n32)cc1. The van der Waals surface area contributed by atoms with Crippen LogP contribution in [0.4, 0.5) is 0 Å². The van der Waals surface area contributed by atoms with E-state index >= 15 is 0 Å². The molecule has 0 spiro atoms. The van der Waals surface area contributed by atoms with E-state index in [1.54, 1.807) is 32.4 Å².